The van der Waals surface area contributed by atoms with Gasteiger partial charge in [-0.25, -0.2) is 4.79 Å². The highest BCUT2D eigenvalue weighted by molar-refractivity contribution is 5.80. The number of carbonyl (C=O) groups excluding carboxylic acids is 5. The Bertz CT molecular complexity index is 1330. The van der Waals surface area contributed by atoms with Crippen LogP contribution in [-0.4, -0.2) is 60.9 Å². The standard InChI is InChI=1S/C18H26O6.C17H28O2.C10H20O2/c1-4-18(2,3)17(21)22-9-14(19)24-15-11-5-10-6-12(8-11)16(20)23-13(15)7-10;1-5-16(2,3)15(18)19-17(4)13-7-11-6-12(9-13)10-14(17)8-11;1-5-7-8-12-9(11)10(3,4)6-2/h10-13,15H,4-9H2,1-3H3;11-14H,5-10H2,1-4H3;5-8H2,1-4H3. The van der Waals surface area contributed by atoms with Crippen LogP contribution in [0.15, 0.2) is 0 Å². The summed E-state index contributed by atoms with van der Waals surface area (Å²) in [5.41, 5.74) is -1.43. The molecule has 2 heterocycles. The maximum absolute atomic E-state index is 12.5. The molecule has 10 nitrogen and oxygen atoms in total. The molecule has 0 amide bonds. The molecule has 8 bridgehead atoms. The van der Waals surface area contributed by atoms with Crippen LogP contribution < -0.4 is 0 Å². The summed E-state index contributed by atoms with van der Waals surface area (Å²) in [7, 11) is 0. The van der Waals surface area contributed by atoms with Crippen LogP contribution >= 0.6 is 0 Å². The van der Waals surface area contributed by atoms with Gasteiger partial charge in [-0.1, -0.05) is 34.1 Å². The van der Waals surface area contributed by atoms with Crippen molar-refractivity contribution in [3.05, 3.63) is 0 Å². The number of hydrogen-bond donors (Lipinski definition) is 0. The zero-order valence-corrected chi connectivity index (χ0v) is 36.1. The quantitative estimate of drug-likeness (QED) is 0.101. The summed E-state index contributed by atoms with van der Waals surface area (Å²) in [6.45, 7) is 21.9. The maximum Gasteiger partial charge on any atom is 0.344 e. The van der Waals surface area contributed by atoms with Gasteiger partial charge in [0.25, 0.3) is 0 Å². The number of hydrogen-bond acceptors (Lipinski definition) is 10. The molecule has 0 spiro atoms. The Kier molecular flexibility index (Phi) is 15.0. The van der Waals surface area contributed by atoms with E-state index in [1.54, 1.807) is 13.8 Å². The summed E-state index contributed by atoms with van der Waals surface area (Å²) in [4.78, 5) is 59.9. The molecule has 0 radical (unpaired) electrons. The lowest BCUT2D eigenvalue weighted by Gasteiger charge is -2.59. The van der Waals surface area contributed by atoms with Crippen molar-refractivity contribution < 1.29 is 47.7 Å². The minimum atomic E-state index is -0.615. The van der Waals surface area contributed by atoms with Gasteiger partial charge in [0, 0.05) is 5.92 Å². The van der Waals surface area contributed by atoms with Crippen molar-refractivity contribution >= 4 is 29.8 Å². The first-order valence-electron chi connectivity index (χ1n) is 21.7. The summed E-state index contributed by atoms with van der Waals surface area (Å²) >= 11 is 0. The van der Waals surface area contributed by atoms with Crippen LogP contribution in [0.3, 0.4) is 0 Å². The predicted molar refractivity (Wildman–Crippen MR) is 209 cm³/mol. The molecule has 5 atom stereocenters. The largest absolute Gasteiger partial charge is 0.465 e. The average Bonchev–Trinajstić information content (AvgIpc) is 3.30. The van der Waals surface area contributed by atoms with Crippen molar-refractivity contribution in [3.63, 3.8) is 0 Å². The van der Waals surface area contributed by atoms with E-state index in [-0.39, 0.29) is 58.9 Å². The van der Waals surface area contributed by atoms with Gasteiger partial charge in [-0.05, 0) is 162 Å². The normalized spacial score (nSPS) is 32.9. The molecule has 8 fully saturated rings. The van der Waals surface area contributed by atoms with E-state index in [9.17, 15) is 24.0 Å². The minimum absolute atomic E-state index is 0.0185. The maximum atomic E-state index is 12.5. The fourth-order valence-electron chi connectivity index (χ4n) is 9.50. The van der Waals surface area contributed by atoms with Crippen LogP contribution in [0.2, 0.25) is 0 Å². The van der Waals surface area contributed by atoms with Gasteiger partial charge in [0.1, 0.15) is 17.8 Å². The van der Waals surface area contributed by atoms with E-state index in [2.05, 4.69) is 20.8 Å². The molecule has 0 aromatic carbocycles. The third-order valence-corrected chi connectivity index (χ3v) is 14.5. The van der Waals surface area contributed by atoms with Gasteiger partial charge in [-0.2, -0.15) is 0 Å². The van der Waals surface area contributed by atoms with E-state index in [1.807, 2.05) is 41.5 Å². The second-order valence-electron chi connectivity index (χ2n) is 19.9. The Morgan fingerprint density at radius 2 is 1.18 bits per heavy atom. The number of carbonyl (C=O) groups is 5. The van der Waals surface area contributed by atoms with E-state index in [0.29, 0.717) is 30.8 Å². The molecule has 2 saturated heterocycles. The molecule has 0 N–H and O–H groups in total. The highest BCUT2D eigenvalue weighted by atomic mass is 16.6. The number of unbranched alkanes of at least 4 members (excludes halogenated alkanes) is 1. The molecule has 6 saturated carbocycles. The third-order valence-electron chi connectivity index (χ3n) is 14.5. The Balaban J connectivity index is 0.000000195. The lowest BCUT2D eigenvalue weighted by Crippen LogP contribution is -2.58. The molecule has 2 aliphatic heterocycles. The molecule has 314 valence electrons. The molecular weight excluding hydrogens is 700 g/mol. The van der Waals surface area contributed by atoms with E-state index in [1.165, 1.54) is 32.1 Å². The van der Waals surface area contributed by atoms with Gasteiger partial charge in [0.2, 0.25) is 0 Å². The molecule has 0 aromatic heterocycles. The SMILES string of the molecule is CCC(C)(C)C(=O)OC1(C)C2CC3CC(C2)CC1C3.CCC(C)(C)C(=O)OCC(=O)OC1C2CC3CC(C2)C(=O)OC1C3.CCCCOC(=O)C(C)(C)CC. The summed E-state index contributed by atoms with van der Waals surface area (Å²) in [5.74, 6) is 2.53. The van der Waals surface area contributed by atoms with Gasteiger partial charge in [-0.15, -0.1) is 0 Å². The molecule has 8 rings (SSSR count). The molecule has 0 aromatic rings. The molecular formula is C45H74O10. The first kappa shape index (κ1) is 45.1. The fraction of sp³-hybridized carbons (Fsp3) is 0.889. The van der Waals surface area contributed by atoms with Crippen LogP contribution in [0, 0.1) is 57.7 Å². The van der Waals surface area contributed by atoms with Crippen LogP contribution in [-0.2, 0) is 47.7 Å². The van der Waals surface area contributed by atoms with Crippen LogP contribution in [0.25, 0.3) is 0 Å². The Morgan fingerprint density at radius 3 is 1.71 bits per heavy atom. The average molecular weight is 775 g/mol. The summed E-state index contributed by atoms with van der Waals surface area (Å²) in [6.07, 6.45) is 13.6. The molecule has 8 aliphatic rings. The number of ether oxygens (including phenoxy) is 5. The Morgan fingerprint density at radius 1 is 0.673 bits per heavy atom. The smallest absolute Gasteiger partial charge is 0.344 e. The van der Waals surface area contributed by atoms with Crippen molar-refractivity contribution in [1.82, 2.24) is 0 Å². The Hall–Kier alpha value is -2.65. The van der Waals surface area contributed by atoms with Crippen LogP contribution in [0.5, 0.6) is 0 Å². The third kappa shape index (κ3) is 10.9. The second-order valence-corrected chi connectivity index (χ2v) is 19.9. The zero-order chi connectivity index (χ0) is 40.9. The van der Waals surface area contributed by atoms with E-state index in [0.717, 1.165) is 63.2 Å². The fourth-order valence-corrected chi connectivity index (χ4v) is 9.50. The van der Waals surface area contributed by atoms with Gasteiger partial charge in [0.15, 0.2) is 6.61 Å². The summed E-state index contributed by atoms with van der Waals surface area (Å²) in [5, 5.41) is 0. The summed E-state index contributed by atoms with van der Waals surface area (Å²) in [6, 6.07) is 0. The molecule has 10 heteroatoms. The van der Waals surface area contributed by atoms with E-state index in [4.69, 9.17) is 23.7 Å². The van der Waals surface area contributed by atoms with Gasteiger partial charge >= 0.3 is 29.8 Å². The van der Waals surface area contributed by atoms with Crippen molar-refractivity contribution in [3.8, 4) is 0 Å². The van der Waals surface area contributed by atoms with Gasteiger partial charge in [0.05, 0.1) is 28.8 Å². The van der Waals surface area contributed by atoms with E-state index < -0.39 is 23.5 Å². The van der Waals surface area contributed by atoms with Crippen LogP contribution in [0.1, 0.15) is 166 Å². The predicted octanol–water partition coefficient (Wildman–Crippen LogP) is 9.19. The highest BCUT2D eigenvalue weighted by Gasteiger charge is 2.58. The molecule has 6 aliphatic carbocycles. The topological polar surface area (TPSA) is 132 Å². The molecule has 5 unspecified atom stereocenters. The number of esters is 5. The lowest BCUT2D eigenvalue weighted by molar-refractivity contribution is -0.211. The van der Waals surface area contributed by atoms with Crippen LogP contribution in [0.4, 0.5) is 0 Å². The lowest BCUT2D eigenvalue weighted by atomic mass is 9.50. The van der Waals surface area contributed by atoms with Crippen molar-refractivity contribution in [2.24, 2.45) is 57.7 Å². The van der Waals surface area contributed by atoms with Crippen molar-refractivity contribution in [2.75, 3.05) is 13.2 Å². The second kappa shape index (κ2) is 18.3. The Labute approximate surface area is 331 Å². The molecule has 55 heavy (non-hydrogen) atoms. The highest BCUT2D eigenvalue weighted by Crippen LogP contribution is 2.59. The minimum Gasteiger partial charge on any atom is -0.465 e. The van der Waals surface area contributed by atoms with Gasteiger partial charge < -0.3 is 23.7 Å². The van der Waals surface area contributed by atoms with Crippen molar-refractivity contribution in [2.45, 2.75) is 184 Å². The first-order chi connectivity index (χ1) is 25.7. The monoisotopic (exact) mass is 775 g/mol. The summed E-state index contributed by atoms with van der Waals surface area (Å²) < 4.78 is 27.4. The number of rotatable bonds is 13. The number of fused-ring (bicyclic) bond motifs is 1. The van der Waals surface area contributed by atoms with Gasteiger partial charge in [-0.3, -0.25) is 19.2 Å². The van der Waals surface area contributed by atoms with E-state index >= 15 is 0 Å². The zero-order valence-electron chi connectivity index (χ0n) is 36.1. The van der Waals surface area contributed by atoms with Crippen molar-refractivity contribution in [1.29, 1.82) is 0 Å². The first-order valence-corrected chi connectivity index (χ1v) is 21.7.